The highest BCUT2D eigenvalue weighted by Gasteiger charge is 2.18. The molecule has 5 aromatic rings. The van der Waals surface area contributed by atoms with E-state index in [9.17, 15) is 14.0 Å². The van der Waals surface area contributed by atoms with Crippen LogP contribution in [0.2, 0.25) is 0 Å². The van der Waals surface area contributed by atoms with Crippen molar-refractivity contribution in [3.8, 4) is 22.6 Å². The molecule has 0 saturated carbocycles. The number of halogens is 1. The number of nitrogens with zero attached hydrogens (tertiary/aromatic N) is 2. The molecule has 194 valence electrons. The number of fused-ring (bicyclic) bond motifs is 1. The molecular weight excluding hydrogens is 493 g/mol. The third-order valence-electron chi connectivity index (χ3n) is 6.59. The molecule has 7 heteroatoms. The van der Waals surface area contributed by atoms with Crippen molar-refractivity contribution in [1.82, 2.24) is 15.0 Å². The van der Waals surface area contributed by atoms with Gasteiger partial charge >= 0.3 is 0 Å². The summed E-state index contributed by atoms with van der Waals surface area (Å²) in [4.78, 5) is 38.4. The molecule has 39 heavy (non-hydrogen) atoms. The van der Waals surface area contributed by atoms with Gasteiger partial charge in [0.1, 0.15) is 17.1 Å². The van der Waals surface area contributed by atoms with Gasteiger partial charge in [-0.05, 0) is 78.9 Å². The van der Waals surface area contributed by atoms with Crippen molar-refractivity contribution in [2.45, 2.75) is 27.2 Å². The number of aromatic amines is 1. The summed E-state index contributed by atoms with van der Waals surface area (Å²) >= 11 is 0. The average molecular weight is 520 g/mol. The van der Waals surface area contributed by atoms with Gasteiger partial charge in [-0.1, -0.05) is 24.8 Å². The van der Waals surface area contributed by atoms with Crippen molar-refractivity contribution in [3.05, 3.63) is 124 Å². The van der Waals surface area contributed by atoms with E-state index in [0.717, 1.165) is 16.7 Å². The van der Waals surface area contributed by atoms with Crippen LogP contribution in [-0.2, 0) is 6.42 Å². The molecule has 0 aliphatic carbocycles. The monoisotopic (exact) mass is 519 g/mol. The van der Waals surface area contributed by atoms with E-state index >= 15 is 0 Å². The number of Topliss-reactive ketones (excluding diaryl/α,β-unsaturated/α-hetero) is 1. The molecule has 0 saturated heterocycles. The molecule has 0 unspecified atom stereocenters. The lowest BCUT2D eigenvalue weighted by molar-refractivity contribution is 0.0991. The largest absolute Gasteiger partial charge is 0.455 e. The van der Waals surface area contributed by atoms with Crippen LogP contribution in [0.25, 0.3) is 27.7 Å². The quantitative estimate of drug-likeness (QED) is 0.234. The van der Waals surface area contributed by atoms with Crippen molar-refractivity contribution in [2.24, 2.45) is 0 Å². The van der Waals surface area contributed by atoms with Crippen molar-refractivity contribution in [1.29, 1.82) is 0 Å². The second kappa shape index (κ2) is 10.5. The Kier molecular flexibility index (Phi) is 6.90. The van der Waals surface area contributed by atoms with Crippen LogP contribution in [-0.4, -0.2) is 20.7 Å². The summed E-state index contributed by atoms with van der Waals surface area (Å²) in [5, 5.41) is 0. The van der Waals surface area contributed by atoms with Crippen LogP contribution in [0.15, 0.2) is 84.6 Å². The molecule has 0 bridgehead atoms. The number of pyridine rings is 3. The molecule has 6 nitrogen and oxygen atoms in total. The second-order valence-electron chi connectivity index (χ2n) is 9.52. The highest BCUT2D eigenvalue weighted by atomic mass is 19.1. The number of allylic oxidation sites excluding steroid dienone is 1. The molecule has 0 fully saturated rings. The number of carbonyl (C=O) groups excluding carboxylic acids is 1. The minimum atomic E-state index is -0.379. The first kappa shape index (κ1) is 25.7. The zero-order valence-electron chi connectivity index (χ0n) is 21.8. The summed E-state index contributed by atoms with van der Waals surface area (Å²) in [7, 11) is 0. The Bertz CT molecular complexity index is 1810. The molecule has 1 N–H and O–H groups in total. The summed E-state index contributed by atoms with van der Waals surface area (Å²) in [6.45, 7) is 9.35. The first-order valence-electron chi connectivity index (χ1n) is 12.4. The Morgan fingerprint density at radius 2 is 1.82 bits per heavy atom. The first-order chi connectivity index (χ1) is 18.7. The minimum absolute atomic E-state index is 0.0394. The van der Waals surface area contributed by atoms with Crippen molar-refractivity contribution < 1.29 is 13.9 Å². The van der Waals surface area contributed by atoms with Gasteiger partial charge in [-0.25, -0.2) is 4.39 Å². The van der Waals surface area contributed by atoms with E-state index in [1.807, 2.05) is 13.0 Å². The maximum atomic E-state index is 13.6. The lowest BCUT2D eigenvalue weighted by atomic mass is 9.95. The second-order valence-corrected chi connectivity index (χ2v) is 9.52. The number of ketones is 1. The Balaban J connectivity index is 1.36. The van der Waals surface area contributed by atoms with Gasteiger partial charge < -0.3 is 9.72 Å². The van der Waals surface area contributed by atoms with Gasteiger partial charge in [0.25, 0.3) is 0 Å². The lowest BCUT2D eigenvalue weighted by Crippen LogP contribution is -2.20. The molecule has 0 spiro atoms. The Hall–Kier alpha value is -4.91. The molecule has 0 aliphatic rings. The SMILES string of the molecule is C=C(C)c1cnc2c(Oc3ccc(CC(=O)c4c[nH]c(C)c(-c5ccc(F)cc5C)c4=O)cc3)ccnc2c1. The van der Waals surface area contributed by atoms with E-state index in [4.69, 9.17) is 4.74 Å². The van der Waals surface area contributed by atoms with E-state index < -0.39 is 0 Å². The Morgan fingerprint density at radius 1 is 1.05 bits per heavy atom. The number of H-pyrrole nitrogens is 1. The highest BCUT2D eigenvalue weighted by Crippen LogP contribution is 2.29. The summed E-state index contributed by atoms with van der Waals surface area (Å²) < 4.78 is 19.7. The van der Waals surface area contributed by atoms with Crippen LogP contribution >= 0.6 is 0 Å². The minimum Gasteiger partial charge on any atom is -0.455 e. The highest BCUT2D eigenvalue weighted by molar-refractivity contribution is 5.98. The van der Waals surface area contributed by atoms with E-state index in [0.29, 0.717) is 44.9 Å². The third kappa shape index (κ3) is 5.25. The number of rotatable bonds is 7. The number of nitrogens with one attached hydrogen (secondary N) is 1. The van der Waals surface area contributed by atoms with Gasteiger partial charge in [-0.2, -0.15) is 0 Å². The number of benzene rings is 2. The smallest absolute Gasteiger partial charge is 0.200 e. The normalized spacial score (nSPS) is 11.0. The van der Waals surface area contributed by atoms with Crippen LogP contribution in [0, 0.1) is 19.7 Å². The third-order valence-corrected chi connectivity index (χ3v) is 6.59. The van der Waals surface area contributed by atoms with E-state index in [1.54, 1.807) is 62.6 Å². The van der Waals surface area contributed by atoms with Crippen LogP contribution in [0.5, 0.6) is 11.5 Å². The molecule has 3 heterocycles. The fraction of sp³-hybridized carbons (Fsp3) is 0.125. The molecule has 5 rings (SSSR count). The van der Waals surface area contributed by atoms with Crippen molar-refractivity contribution in [3.63, 3.8) is 0 Å². The average Bonchev–Trinajstić information content (AvgIpc) is 2.90. The zero-order valence-corrected chi connectivity index (χ0v) is 21.8. The maximum Gasteiger partial charge on any atom is 0.200 e. The number of hydrogen-bond acceptors (Lipinski definition) is 5. The number of ether oxygens (including phenoxy) is 1. The van der Waals surface area contributed by atoms with Crippen molar-refractivity contribution in [2.75, 3.05) is 0 Å². The zero-order chi connectivity index (χ0) is 27.7. The van der Waals surface area contributed by atoms with Crippen molar-refractivity contribution >= 4 is 22.4 Å². The summed E-state index contributed by atoms with van der Waals surface area (Å²) in [5.74, 6) is 0.442. The summed E-state index contributed by atoms with van der Waals surface area (Å²) in [6.07, 6.45) is 4.89. The summed E-state index contributed by atoms with van der Waals surface area (Å²) in [6, 6.07) is 15.0. The number of carbonyl (C=O) groups is 1. The topological polar surface area (TPSA) is 84.9 Å². The van der Waals surface area contributed by atoms with Gasteiger partial charge in [0, 0.05) is 42.3 Å². The van der Waals surface area contributed by atoms with Gasteiger partial charge in [0.05, 0.1) is 11.1 Å². The predicted octanol–water partition coefficient (Wildman–Crippen LogP) is 6.99. The van der Waals surface area contributed by atoms with Gasteiger partial charge in [0.2, 0.25) is 0 Å². The standard InChI is InChI=1S/C32H26FN3O3/c1-18(2)22-15-27-31(36-16-22)29(11-12-34-27)39-24-8-5-21(6-9-24)14-28(37)26-17-35-20(4)30(32(26)38)25-10-7-23(33)13-19(25)3/h5-13,15-17H,1,14H2,2-4H3,(H,35,38). The molecule has 0 radical (unpaired) electrons. The van der Waals surface area contributed by atoms with Crippen LogP contribution in [0.1, 0.15) is 39.7 Å². The molecule has 0 atom stereocenters. The molecule has 3 aromatic heterocycles. The van der Waals surface area contributed by atoms with Gasteiger partial charge in [-0.3, -0.25) is 19.6 Å². The van der Waals surface area contributed by atoms with Crippen LogP contribution in [0.4, 0.5) is 4.39 Å². The lowest BCUT2D eigenvalue weighted by Gasteiger charge is -2.11. The number of aromatic nitrogens is 3. The molecular formula is C32H26FN3O3. The molecule has 0 aliphatic heterocycles. The van der Waals surface area contributed by atoms with Crippen LogP contribution in [0.3, 0.4) is 0 Å². The summed E-state index contributed by atoms with van der Waals surface area (Å²) in [5.41, 5.74) is 5.76. The maximum absolute atomic E-state index is 13.6. The Morgan fingerprint density at radius 3 is 2.54 bits per heavy atom. The van der Waals surface area contributed by atoms with Crippen LogP contribution < -0.4 is 10.2 Å². The van der Waals surface area contributed by atoms with Gasteiger partial charge in [-0.15, -0.1) is 0 Å². The first-order valence-corrected chi connectivity index (χ1v) is 12.4. The van der Waals surface area contributed by atoms with E-state index in [2.05, 4.69) is 21.5 Å². The Labute approximate surface area is 224 Å². The number of hydrogen-bond donors (Lipinski definition) is 1. The molecule has 0 amide bonds. The van der Waals surface area contributed by atoms with E-state index in [1.165, 1.54) is 18.3 Å². The fourth-order valence-electron chi connectivity index (χ4n) is 4.47. The van der Waals surface area contributed by atoms with E-state index in [-0.39, 0.29) is 29.0 Å². The number of aryl methyl sites for hydroxylation is 2. The predicted molar refractivity (Wildman–Crippen MR) is 151 cm³/mol. The fourth-order valence-corrected chi connectivity index (χ4v) is 4.47. The van der Waals surface area contributed by atoms with Gasteiger partial charge in [0.15, 0.2) is 17.0 Å². The molecule has 2 aromatic carbocycles.